The zero-order valence-corrected chi connectivity index (χ0v) is 20.6. The SMILES string of the molecule is CC(C)(C)[Si](OCCCCCCCCC1NC1CO)(c1ccccc1)c1ccccc1. The highest BCUT2D eigenvalue weighted by Crippen LogP contribution is 2.36. The van der Waals surface area contributed by atoms with Gasteiger partial charge >= 0.3 is 0 Å². The fourth-order valence-electron chi connectivity index (χ4n) is 4.84. The molecule has 2 unspecified atom stereocenters. The number of rotatable bonds is 13. The first kappa shape index (κ1) is 24.2. The summed E-state index contributed by atoms with van der Waals surface area (Å²) < 4.78 is 6.96. The molecule has 1 aliphatic heterocycles. The Morgan fingerprint density at radius 3 is 1.77 bits per heavy atom. The summed E-state index contributed by atoms with van der Waals surface area (Å²) in [6.45, 7) is 8.15. The standard InChI is InChI=1S/C27H41NO2Si/c1-27(2,3)31(23-16-10-8-11-17-23,24-18-12-9-13-19-24)30-21-15-7-5-4-6-14-20-25-26(22-29)28-25/h8-13,16-19,25-26,28-29H,4-7,14-15,20-22H2,1-3H3. The number of unbranched alkanes of at least 4 members (excludes halogenated alkanes) is 5. The molecule has 2 aromatic carbocycles. The van der Waals surface area contributed by atoms with Gasteiger partial charge < -0.3 is 14.8 Å². The predicted octanol–water partition coefficient (Wildman–Crippen LogP) is 4.63. The maximum Gasteiger partial charge on any atom is 0.261 e. The van der Waals surface area contributed by atoms with Crippen LogP contribution in [0.4, 0.5) is 0 Å². The van der Waals surface area contributed by atoms with Crippen molar-refractivity contribution in [2.24, 2.45) is 0 Å². The minimum absolute atomic E-state index is 0.0545. The first-order valence-electron chi connectivity index (χ1n) is 12.1. The second-order valence-electron chi connectivity index (χ2n) is 9.98. The van der Waals surface area contributed by atoms with Gasteiger partial charge in [0.25, 0.3) is 8.32 Å². The summed E-state index contributed by atoms with van der Waals surface area (Å²) in [7, 11) is -2.37. The Morgan fingerprint density at radius 2 is 1.29 bits per heavy atom. The van der Waals surface area contributed by atoms with Gasteiger partial charge in [0.1, 0.15) is 0 Å². The second-order valence-corrected chi connectivity index (χ2v) is 14.3. The molecule has 1 fully saturated rings. The van der Waals surface area contributed by atoms with E-state index in [9.17, 15) is 0 Å². The van der Waals surface area contributed by atoms with Crippen LogP contribution in [-0.4, -0.2) is 38.7 Å². The van der Waals surface area contributed by atoms with E-state index in [2.05, 4.69) is 86.8 Å². The molecule has 0 bridgehead atoms. The molecule has 0 amide bonds. The molecule has 0 aliphatic carbocycles. The van der Waals surface area contributed by atoms with Gasteiger partial charge in [-0.05, 0) is 28.3 Å². The van der Waals surface area contributed by atoms with Crippen molar-refractivity contribution in [2.75, 3.05) is 13.2 Å². The first-order valence-corrected chi connectivity index (χ1v) is 14.0. The average molecular weight is 440 g/mol. The molecule has 1 aliphatic rings. The van der Waals surface area contributed by atoms with E-state index >= 15 is 0 Å². The smallest absolute Gasteiger partial charge is 0.261 e. The molecule has 0 aromatic heterocycles. The summed E-state index contributed by atoms with van der Waals surface area (Å²) in [5.41, 5.74) is 0. The fraction of sp³-hybridized carbons (Fsp3) is 0.556. The van der Waals surface area contributed by atoms with E-state index in [1.54, 1.807) is 0 Å². The Morgan fingerprint density at radius 1 is 0.774 bits per heavy atom. The third-order valence-corrected chi connectivity index (χ3v) is 11.7. The van der Waals surface area contributed by atoms with E-state index in [1.165, 1.54) is 48.9 Å². The molecular weight excluding hydrogens is 398 g/mol. The van der Waals surface area contributed by atoms with Crippen molar-refractivity contribution in [1.82, 2.24) is 5.32 Å². The Kier molecular flexibility index (Phi) is 8.91. The van der Waals surface area contributed by atoms with Crippen molar-refractivity contribution in [2.45, 2.75) is 82.8 Å². The van der Waals surface area contributed by atoms with Gasteiger partial charge in [-0.15, -0.1) is 0 Å². The van der Waals surface area contributed by atoms with E-state index < -0.39 is 8.32 Å². The van der Waals surface area contributed by atoms with Crippen LogP contribution >= 0.6 is 0 Å². The highest BCUT2D eigenvalue weighted by molar-refractivity contribution is 6.99. The van der Waals surface area contributed by atoms with Gasteiger partial charge in [0.05, 0.1) is 6.61 Å². The molecule has 1 saturated heterocycles. The number of aliphatic hydroxyl groups excluding tert-OH is 1. The molecule has 0 spiro atoms. The molecule has 2 atom stereocenters. The van der Waals surface area contributed by atoms with Crippen LogP contribution in [0.25, 0.3) is 0 Å². The van der Waals surface area contributed by atoms with Gasteiger partial charge in [-0.25, -0.2) is 0 Å². The van der Waals surface area contributed by atoms with E-state index in [1.807, 2.05) is 0 Å². The van der Waals surface area contributed by atoms with Gasteiger partial charge in [-0.2, -0.15) is 0 Å². The number of aliphatic hydroxyl groups is 1. The van der Waals surface area contributed by atoms with E-state index in [4.69, 9.17) is 9.53 Å². The molecule has 2 aromatic rings. The number of hydrogen-bond acceptors (Lipinski definition) is 3. The lowest BCUT2D eigenvalue weighted by molar-refractivity contribution is 0.286. The molecule has 31 heavy (non-hydrogen) atoms. The van der Waals surface area contributed by atoms with E-state index in [-0.39, 0.29) is 11.6 Å². The summed E-state index contributed by atoms with van der Waals surface area (Å²) in [6, 6.07) is 22.8. The van der Waals surface area contributed by atoms with Gasteiger partial charge in [0, 0.05) is 18.7 Å². The maximum absolute atomic E-state index is 9.08. The second kappa shape index (κ2) is 11.4. The zero-order valence-electron chi connectivity index (χ0n) is 19.6. The highest BCUT2D eigenvalue weighted by Gasteiger charge is 2.49. The van der Waals surface area contributed by atoms with Crippen molar-refractivity contribution in [3.05, 3.63) is 60.7 Å². The maximum atomic E-state index is 9.08. The summed E-state index contributed by atoms with van der Waals surface area (Å²) >= 11 is 0. The van der Waals surface area contributed by atoms with Crippen LogP contribution in [0.1, 0.15) is 65.7 Å². The summed E-state index contributed by atoms with van der Waals surface area (Å²) in [4.78, 5) is 0. The van der Waals surface area contributed by atoms with Crippen molar-refractivity contribution in [3.8, 4) is 0 Å². The zero-order chi connectivity index (χ0) is 22.2. The lowest BCUT2D eigenvalue weighted by Crippen LogP contribution is -2.66. The van der Waals surface area contributed by atoms with Crippen molar-refractivity contribution in [3.63, 3.8) is 0 Å². The molecule has 0 saturated carbocycles. The monoisotopic (exact) mass is 439 g/mol. The fourth-order valence-corrected chi connectivity index (χ4v) is 9.45. The Labute approximate surface area is 190 Å². The molecular formula is C27H41NO2Si. The molecule has 2 N–H and O–H groups in total. The molecule has 3 rings (SSSR count). The van der Waals surface area contributed by atoms with Crippen LogP contribution in [-0.2, 0) is 4.43 Å². The number of nitrogens with one attached hydrogen (secondary N) is 1. The third-order valence-electron chi connectivity index (χ3n) is 6.65. The lowest BCUT2D eigenvalue weighted by Gasteiger charge is -2.43. The minimum atomic E-state index is -2.37. The molecule has 0 radical (unpaired) electrons. The van der Waals surface area contributed by atoms with E-state index in [0.29, 0.717) is 12.1 Å². The number of benzene rings is 2. The summed E-state index contributed by atoms with van der Waals surface area (Å²) in [5.74, 6) is 0. The van der Waals surface area contributed by atoms with Crippen molar-refractivity contribution >= 4 is 18.7 Å². The minimum Gasteiger partial charge on any atom is -0.407 e. The number of hydrogen-bond donors (Lipinski definition) is 2. The van der Waals surface area contributed by atoms with E-state index in [0.717, 1.165) is 13.0 Å². The normalized spacial score (nSPS) is 18.8. The third kappa shape index (κ3) is 6.29. The Hall–Kier alpha value is -1.46. The predicted molar refractivity (Wildman–Crippen MR) is 134 cm³/mol. The molecule has 3 nitrogen and oxygen atoms in total. The van der Waals surface area contributed by atoms with Crippen LogP contribution in [0.3, 0.4) is 0 Å². The highest BCUT2D eigenvalue weighted by atomic mass is 28.4. The first-order chi connectivity index (χ1) is 15.0. The Bertz CT molecular complexity index is 720. The van der Waals surface area contributed by atoms with Gasteiger partial charge in [-0.3, -0.25) is 0 Å². The largest absolute Gasteiger partial charge is 0.407 e. The van der Waals surface area contributed by atoms with Gasteiger partial charge in [0.15, 0.2) is 0 Å². The average Bonchev–Trinajstić information content (AvgIpc) is 3.54. The quantitative estimate of drug-likeness (QED) is 0.272. The van der Waals surface area contributed by atoms with Crippen molar-refractivity contribution in [1.29, 1.82) is 0 Å². The van der Waals surface area contributed by atoms with Gasteiger partial charge in [-0.1, -0.05) is 114 Å². The molecule has 170 valence electrons. The summed E-state index contributed by atoms with van der Waals surface area (Å²) in [5, 5.41) is 15.2. The molecule has 4 heteroatoms. The van der Waals surface area contributed by atoms with Crippen LogP contribution in [0.15, 0.2) is 60.7 Å². The Balaban J connectivity index is 1.51. The topological polar surface area (TPSA) is 51.4 Å². The summed E-state index contributed by atoms with van der Waals surface area (Å²) in [6.07, 6.45) is 8.72. The van der Waals surface area contributed by atoms with Gasteiger partial charge in [0.2, 0.25) is 0 Å². The van der Waals surface area contributed by atoms with Crippen LogP contribution < -0.4 is 15.7 Å². The molecule has 1 heterocycles. The van der Waals surface area contributed by atoms with Crippen LogP contribution in [0, 0.1) is 0 Å². The van der Waals surface area contributed by atoms with Crippen LogP contribution in [0.5, 0.6) is 0 Å². The van der Waals surface area contributed by atoms with Crippen molar-refractivity contribution < 1.29 is 9.53 Å². The lowest BCUT2D eigenvalue weighted by atomic mass is 10.1. The van der Waals surface area contributed by atoms with Crippen LogP contribution in [0.2, 0.25) is 5.04 Å².